The zero-order valence-corrected chi connectivity index (χ0v) is 26.8. The van der Waals surface area contributed by atoms with Gasteiger partial charge in [0, 0.05) is 60.1 Å². The molecule has 1 aliphatic rings. The Kier molecular flexibility index (Phi) is 8.15. The van der Waals surface area contributed by atoms with Crippen molar-refractivity contribution in [1.82, 2.24) is 29.3 Å². The zero-order valence-electron chi connectivity index (χ0n) is 26.8. The van der Waals surface area contributed by atoms with Gasteiger partial charge in [0.05, 0.1) is 53.4 Å². The lowest BCUT2D eigenvalue weighted by atomic mass is 9.87. The Morgan fingerprint density at radius 3 is 2.53 bits per heavy atom. The summed E-state index contributed by atoms with van der Waals surface area (Å²) in [5.41, 5.74) is 2.31. The van der Waals surface area contributed by atoms with Crippen molar-refractivity contribution in [3.63, 3.8) is 0 Å². The zero-order chi connectivity index (χ0) is 34.4. The highest BCUT2D eigenvalue weighted by atomic mass is 19.1. The molecule has 0 spiro atoms. The van der Waals surface area contributed by atoms with Gasteiger partial charge in [-0.2, -0.15) is 5.10 Å². The SMILES string of the molecule is Cn1cc(-c2cc(F)c(COc3cccc(-c4cc(F)c(Cc5nc6ccc(C(=O)O)cc6n5[C@@H]5COCC5(C)C)cc4F)n3)cn2)cn1. The van der Waals surface area contributed by atoms with Crippen molar-refractivity contribution in [2.45, 2.75) is 32.9 Å². The van der Waals surface area contributed by atoms with E-state index in [2.05, 4.69) is 15.1 Å². The van der Waals surface area contributed by atoms with E-state index in [1.807, 2.05) is 18.4 Å². The molecule has 6 aromatic rings. The first-order valence-electron chi connectivity index (χ1n) is 15.5. The van der Waals surface area contributed by atoms with E-state index in [0.29, 0.717) is 41.3 Å². The van der Waals surface area contributed by atoms with E-state index < -0.39 is 23.4 Å². The highest BCUT2D eigenvalue weighted by Gasteiger charge is 2.39. The number of carboxylic acid groups (broad SMARTS) is 1. The van der Waals surface area contributed by atoms with E-state index in [1.54, 1.807) is 42.3 Å². The summed E-state index contributed by atoms with van der Waals surface area (Å²) in [5, 5.41) is 13.7. The fraction of sp³-hybridized carbons (Fsp3) is 0.250. The van der Waals surface area contributed by atoms with Crippen LogP contribution in [0.4, 0.5) is 13.2 Å². The quantitative estimate of drug-likeness (QED) is 0.179. The van der Waals surface area contributed by atoms with Crippen molar-refractivity contribution in [2.75, 3.05) is 13.2 Å². The maximum Gasteiger partial charge on any atom is 0.335 e. The van der Waals surface area contributed by atoms with Gasteiger partial charge in [-0.15, -0.1) is 0 Å². The molecule has 1 atom stereocenters. The van der Waals surface area contributed by atoms with Crippen LogP contribution in [0, 0.1) is 22.9 Å². The number of fused-ring (bicyclic) bond motifs is 1. The van der Waals surface area contributed by atoms with Crippen molar-refractivity contribution >= 4 is 17.0 Å². The molecule has 7 rings (SSSR count). The van der Waals surface area contributed by atoms with Gasteiger partial charge in [0.2, 0.25) is 5.88 Å². The predicted octanol–water partition coefficient (Wildman–Crippen LogP) is 6.78. The number of aromatic nitrogens is 6. The number of aromatic carboxylic acids is 1. The maximum atomic E-state index is 15.7. The molecular weight excluding hydrogens is 637 g/mol. The lowest BCUT2D eigenvalue weighted by Crippen LogP contribution is -2.27. The predicted molar refractivity (Wildman–Crippen MR) is 173 cm³/mol. The van der Waals surface area contributed by atoms with E-state index in [-0.39, 0.29) is 58.3 Å². The number of imidazole rings is 1. The Morgan fingerprint density at radius 1 is 1.00 bits per heavy atom. The molecule has 0 unspecified atom stereocenters. The molecule has 0 saturated carbocycles. The average Bonchev–Trinajstić information content (AvgIpc) is 3.76. The lowest BCUT2D eigenvalue weighted by Gasteiger charge is -2.28. The Morgan fingerprint density at radius 2 is 1.82 bits per heavy atom. The second-order valence-corrected chi connectivity index (χ2v) is 12.7. The number of ether oxygens (including phenoxy) is 2. The summed E-state index contributed by atoms with van der Waals surface area (Å²) in [4.78, 5) is 25.1. The van der Waals surface area contributed by atoms with E-state index in [1.165, 1.54) is 30.5 Å². The van der Waals surface area contributed by atoms with E-state index in [0.717, 1.165) is 12.1 Å². The first-order chi connectivity index (χ1) is 23.5. The van der Waals surface area contributed by atoms with Gasteiger partial charge in [0.15, 0.2) is 0 Å². The van der Waals surface area contributed by atoms with Crippen molar-refractivity contribution in [1.29, 1.82) is 0 Å². The molecule has 1 N–H and O–H groups in total. The third kappa shape index (κ3) is 6.24. The molecular formula is C36H31F3N6O4. The first-order valence-corrected chi connectivity index (χ1v) is 15.5. The minimum absolute atomic E-state index is 0.0531. The third-order valence-corrected chi connectivity index (χ3v) is 8.76. The normalized spacial score (nSPS) is 15.6. The van der Waals surface area contributed by atoms with Crippen LogP contribution in [0.3, 0.4) is 0 Å². The van der Waals surface area contributed by atoms with Crippen LogP contribution in [0.2, 0.25) is 0 Å². The number of hydrogen-bond donors (Lipinski definition) is 1. The molecule has 0 amide bonds. The summed E-state index contributed by atoms with van der Waals surface area (Å²) in [6, 6.07) is 12.6. The van der Waals surface area contributed by atoms with Gasteiger partial charge in [-0.05, 0) is 42.0 Å². The molecule has 10 nitrogen and oxygen atoms in total. The molecule has 1 fully saturated rings. The fourth-order valence-corrected chi connectivity index (χ4v) is 6.09. The molecule has 4 aromatic heterocycles. The number of nitrogens with zero attached hydrogens (tertiary/aromatic N) is 6. The number of halogens is 3. The summed E-state index contributed by atoms with van der Waals surface area (Å²) >= 11 is 0. The van der Waals surface area contributed by atoms with Crippen LogP contribution in [-0.4, -0.2) is 53.6 Å². The van der Waals surface area contributed by atoms with Gasteiger partial charge < -0.3 is 19.1 Å². The summed E-state index contributed by atoms with van der Waals surface area (Å²) in [6.45, 7) is 4.73. The third-order valence-electron chi connectivity index (χ3n) is 8.76. The number of carbonyl (C=O) groups is 1. The second kappa shape index (κ2) is 12.5. The molecule has 13 heteroatoms. The van der Waals surface area contributed by atoms with Crippen LogP contribution in [0.1, 0.15) is 47.2 Å². The summed E-state index contributed by atoms with van der Waals surface area (Å²) in [5.74, 6) is -2.43. The molecule has 0 bridgehead atoms. The van der Waals surface area contributed by atoms with Gasteiger partial charge >= 0.3 is 5.97 Å². The van der Waals surface area contributed by atoms with Crippen molar-refractivity contribution in [3.05, 3.63) is 113 Å². The van der Waals surface area contributed by atoms with Crippen molar-refractivity contribution in [3.8, 4) is 28.4 Å². The fourth-order valence-electron chi connectivity index (χ4n) is 6.09. The number of aryl methyl sites for hydroxylation is 1. The Hall–Kier alpha value is -5.56. The maximum absolute atomic E-state index is 15.7. The summed E-state index contributed by atoms with van der Waals surface area (Å²) in [6.07, 6.45) is 4.63. The van der Waals surface area contributed by atoms with Crippen LogP contribution in [0.15, 0.2) is 73.2 Å². The highest BCUT2D eigenvalue weighted by Crippen LogP contribution is 2.40. The number of carboxylic acids is 1. The minimum atomic E-state index is -1.08. The monoisotopic (exact) mass is 668 g/mol. The van der Waals surface area contributed by atoms with Crippen LogP contribution in [0.5, 0.6) is 5.88 Å². The van der Waals surface area contributed by atoms with Gasteiger partial charge in [-0.25, -0.2) is 27.9 Å². The molecule has 0 radical (unpaired) electrons. The first kappa shape index (κ1) is 32.0. The van der Waals surface area contributed by atoms with Crippen LogP contribution in [-0.2, 0) is 24.8 Å². The van der Waals surface area contributed by atoms with E-state index in [9.17, 15) is 14.3 Å². The van der Waals surface area contributed by atoms with Gasteiger partial charge in [0.25, 0.3) is 0 Å². The summed E-state index contributed by atoms with van der Waals surface area (Å²) < 4.78 is 61.2. The Labute approximate surface area is 278 Å². The summed E-state index contributed by atoms with van der Waals surface area (Å²) in [7, 11) is 1.75. The average molecular weight is 669 g/mol. The van der Waals surface area contributed by atoms with E-state index >= 15 is 8.78 Å². The smallest absolute Gasteiger partial charge is 0.335 e. The minimum Gasteiger partial charge on any atom is -0.478 e. The lowest BCUT2D eigenvalue weighted by molar-refractivity contribution is 0.0697. The van der Waals surface area contributed by atoms with E-state index in [4.69, 9.17) is 14.5 Å². The second-order valence-electron chi connectivity index (χ2n) is 12.7. The number of benzene rings is 2. The van der Waals surface area contributed by atoms with Crippen molar-refractivity contribution in [2.24, 2.45) is 12.5 Å². The van der Waals surface area contributed by atoms with Gasteiger partial charge in [-0.1, -0.05) is 19.9 Å². The molecule has 49 heavy (non-hydrogen) atoms. The standard InChI is InChI=1S/C36H31F3N6O4/c1-36(2)19-48-18-32(36)45-31-10-20(35(46)47)7-8-29(31)42-33(45)11-21-9-27(39)24(12-25(21)37)28-5-4-6-34(43-28)49-17-23-14-40-30(13-26(23)38)22-15-41-44(3)16-22/h4-10,12-16,32H,11,17-19H2,1-3H3,(H,46,47)/t32-/m1/s1. The van der Waals surface area contributed by atoms with Crippen molar-refractivity contribution < 1.29 is 32.5 Å². The Balaban J connectivity index is 1.14. The van der Waals surface area contributed by atoms with Gasteiger partial charge in [-0.3, -0.25) is 9.67 Å². The Bertz CT molecular complexity index is 2230. The number of rotatable bonds is 9. The molecule has 1 aliphatic heterocycles. The number of hydrogen-bond acceptors (Lipinski definition) is 7. The van der Waals surface area contributed by atoms with Crippen LogP contribution in [0.25, 0.3) is 33.5 Å². The topological polar surface area (TPSA) is 117 Å². The van der Waals surface area contributed by atoms with Crippen LogP contribution >= 0.6 is 0 Å². The molecule has 1 saturated heterocycles. The highest BCUT2D eigenvalue weighted by molar-refractivity contribution is 5.92. The molecule has 0 aliphatic carbocycles. The molecule has 2 aromatic carbocycles. The molecule has 5 heterocycles. The molecule has 250 valence electrons. The van der Waals surface area contributed by atoms with Gasteiger partial charge in [0.1, 0.15) is 29.9 Å². The largest absolute Gasteiger partial charge is 0.478 e. The van der Waals surface area contributed by atoms with Crippen LogP contribution < -0.4 is 4.74 Å². The number of pyridine rings is 2.